The van der Waals surface area contributed by atoms with E-state index in [9.17, 15) is 12.8 Å². The summed E-state index contributed by atoms with van der Waals surface area (Å²) in [5.74, 6) is -0.610. The number of nitrogens with two attached hydrogens (primary N) is 1. The molecule has 4 nitrogen and oxygen atoms in total. The van der Waals surface area contributed by atoms with Crippen LogP contribution in [0.15, 0.2) is 41.3 Å². The standard InChI is InChI=1S/C13H12ClFN2O2S/c1-8-2-5-13(10(14)6-8)20(18,19)17-9-3-4-11(15)12(16)7-9/h2-7,17H,16H2,1H3. The van der Waals surface area contributed by atoms with E-state index < -0.39 is 15.8 Å². The summed E-state index contributed by atoms with van der Waals surface area (Å²) in [4.78, 5) is -0.0485. The van der Waals surface area contributed by atoms with Gasteiger partial charge in [-0.05, 0) is 42.8 Å². The van der Waals surface area contributed by atoms with Crippen LogP contribution < -0.4 is 10.5 Å². The number of rotatable bonds is 3. The molecular weight excluding hydrogens is 303 g/mol. The van der Waals surface area contributed by atoms with Crippen LogP contribution in [0, 0.1) is 12.7 Å². The summed E-state index contributed by atoms with van der Waals surface area (Å²) in [6, 6.07) is 8.17. The number of aryl methyl sites for hydroxylation is 1. The zero-order chi connectivity index (χ0) is 14.9. The average molecular weight is 315 g/mol. The van der Waals surface area contributed by atoms with Gasteiger partial charge in [-0.15, -0.1) is 0 Å². The molecule has 106 valence electrons. The molecule has 0 aliphatic heterocycles. The molecule has 2 aromatic rings. The quantitative estimate of drug-likeness (QED) is 0.855. The fourth-order valence-corrected chi connectivity index (χ4v) is 3.29. The highest BCUT2D eigenvalue weighted by Crippen LogP contribution is 2.25. The highest BCUT2D eigenvalue weighted by molar-refractivity contribution is 7.92. The van der Waals surface area contributed by atoms with Gasteiger partial charge in [-0.25, -0.2) is 12.8 Å². The Bertz CT molecular complexity index is 763. The number of sulfonamides is 1. The minimum atomic E-state index is -3.85. The molecule has 20 heavy (non-hydrogen) atoms. The Morgan fingerprint density at radius 1 is 1.20 bits per heavy atom. The summed E-state index contributed by atoms with van der Waals surface area (Å²) in [5, 5.41) is 0.118. The zero-order valence-electron chi connectivity index (χ0n) is 10.5. The Morgan fingerprint density at radius 3 is 2.50 bits per heavy atom. The van der Waals surface area contributed by atoms with Gasteiger partial charge in [0, 0.05) is 0 Å². The zero-order valence-corrected chi connectivity index (χ0v) is 12.1. The maximum absolute atomic E-state index is 13.0. The maximum atomic E-state index is 13.0. The topological polar surface area (TPSA) is 72.2 Å². The monoisotopic (exact) mass is 314 g/mol. The highest BCUT2D eigenvalue weighted by atomic mass is 35.5. The van der Waals surface area contributed by atoms with E-state index in [0.717, 1.165) is 11.6 Å². The fourth-order valence-electron chi connectivity index (χ4n) is 1.64. The van der Waals surface area contributed by atoms with Crippen molar-refractivity contribution < 1.29 is 12.8 Å². The summed E-state index contributed by atoms with van der Waals surface area (Å²) in [7, 11) is -3.85. The molecule has 0 spiro atoms. The van der Waals surface area contributed by atoms with Crippen molar-refractivity contribution >= 4 is 33.0 Å². The number of hydrogen-bond donors (Lipinski definition) is 2. The molecule has 0 amide bonds. The molecule has 0 atom stereocenters. The van der Waals surface area contributed by atoms with Crippen molar-refractivity contribution in [1.29, 1.82) is 0 Å². The summed E-state index contributed by atoms with van der Waals surface area (Å²) in [6.07, 6.45) is 0. The van der Waals surface area contributed by atoms with Crippen molar-refractivity contribution in [2.75, 3.05) is 10.5 Å². The molecule has 0 heterocycles. The van der Waals surface area contributed by atoms with E-state index in [-0.39, 0.29) is 21.3 Å². The number of nitrogens with one attached hydrogen (secondary N) is 1. The minimum Gasteiger partial charge on any atom is -0.396 e. The van der Waals surface area contributed by atoms with Crippen LogP contribution in [-0.2, 0) is 10.0 Å². The lowest BCUT2D eigenvalue weighted by Crippen LogP contribution is -2.13. The van der Waals surface area contributed by atoms with Crippen LogP contribution in [0.25, 0.3) is 0 Å². The number of hydrogen-bond acceptors (Lipinski definition) is 3. The SMILES string of the molecule is Cc1ccc(S(=O)(=O)Nc2ccc(F)c(N)c2)c(Cl)c1. The second kappa shape index (κ2) is 5.30. The first-order chi connectivity index (χ1) is 9.29. The van der Waals surface area contributed by atoms with Crippen molar-refractivity contribution in [2.24, 2.45) is 0 Å². The number of benzene rings is 2. The van der Waals surface area contributed by atoms with E-state index in [2.05, 4.69) is 4.72 Å². The summed E-state index contributed by atoms with van der Waals surface area (Å²) in [6.45, 7) is 1.80. The van der Waals surface area contributed by atoms with E-state index in [1.807, 2.05) is 0 Å². The molecule has 2 rings (SSSR count). The first kappa shape index (κ1) is 14.6. The number of nitrogen functional groups attached to an aromatic ring is 1. The third-order valence-corrected chi connectivity index (χ3v) is 4.49. The molecule has 0 saturated heterocycles. The first-order valence-corrected chi connectivity index (χ1v) is 7.50. The van der Waals surface area contributed by atoms with Crippen LogP contribution in [0.2, 0.25) is 5.02 Å². The van der Waals surface area contributed by atoms with Crippen molar-refractivity contribution in [3.63, 3.8) is 0 Å². The van der Waals surface area contributed by atoms with Gasteiger partial charge in [-0.3, -0.25) is 4.72 Å². The molecule has 0 unspecified atom stereocenters. The van der Waals surface area contributed by atoms with Gasteiger partial charge in [0.05, 0.1) is 16.4 Å². The van der Waals surface area contributed by atoms with Gasteiger partial charge in [0.25, 0.3) is 10.0 Å². The van der Waals surface area contributed by atoms with Crippen molar-refractivity contribution in [3.8, 4) is 0 Å². The maximum Gasteiger partial charge on any atom is 0.263 e. The van der Waals surface area contributed by atoms with Crippen molar-refractivity contribution in [1.82, 2.24) is 0 Å². The molecule has 0 aliphatic carbocycles. The largest absolute Gasteiger partial charge is 0.396 e. The molecule has 0 aromatic heterocycles. The highest BCUT2D eigenvalue weighted by Gasteiger charge is 2.18. The van der Waals surface area contributed by atoms with Gasteiger partial charge < -0.3 is 5.73 Å². The molecule has 0 saturated carbocycles. The van der Waals surface area contributed by atoms with Gasteiger partial charge in [-0.2, -0.15) is 0 Å². The van der Waals surface area contributed by atoms with Crippen molar-refractivity contribution in [3.05, 3.63) is 52.8 Å². The Balaban J connectivity index is 2.38. The molecular formula is C13H12ClFN2O2S. The molecule has 7 heteroatoms. The second-order valence-corrected chi connectivity index (χ2v) is 6.33. The van der Waals surface area contributed by atoms with Crippen LogP contribution in [0.3, 0.4) is 0 Å². The Labute approximate surface area is 121 Å². The molecule has 3 N–H and O–H groups in total. The van der Waals surface area contributed by atoms with E-state index in [1.54, 1.807) is 19.1 Å². The second-order valence-electron chi connectivity index (χ2n) is 4.28. The summed E-state index contributed by atoms with van der Waals surface area (Å²) in [5.41, 5.74) is 6.27. The van der Waals surface area contributed by atoms with Gasteiger partial charge in [0.15, 0.2) is 0 Å². The number of halogens is 2. The molecule has 0 bridgehead atoms. The Kier molecular flexibility index (Phi) is 3.87. The number of anilines is 2. The van der Waals surface area contributed by atoms with E-state index in [0.29, 0.717) is 0 Å². The molecule has 0 aliphatic rings. The molecule has 2 aromatic carbocycles. The Morgan fingerprint density at radius 2 is 1.90 bits per heavy atom. The third-order valence-electron chi connectivity index (χ3n) is 2.63. The van der Waals surface area contributed by atoms with Crippen LogP contribution in [0.1, 0.15) is 5.56 Å². The lowest BCUT2D eigenvalue weighted by molar-refractivity contribution is 0.601. The van der Waals surface area contributed by atoms with Gasteiger partial charge in [0.2, 0.25) is 0 Å². The van der Waals surface area contributed by atoms with Crippen LogP contribution >= 0.6 is 11.6 Å². The molecule has 0 fully saturated rings. The van der Waals surface area contributed by atoms with E-state index in [4.69, 9.17) is 17.3 Å². The lowest BCUT2D eigenvalue weighted by atomic mass is 10.2. The predicted octanol–water partition coefficient (Wildman–Crippen LogP) is 3.17. The van der Waals surface area contributed by atoms with Crippen LogP contribution in [-0.4, -0.2) is 8.42 Å². The van der Waals surface area contributed by atoms with Crippen molar-refractivity contribution in [2.45, 2.75) is 11.8 Å². The predicted molar refractivity (Wildman–Crippen MR) is 77.8 cm³/mol. The van der Waals surface area contributed by atoms with Gasteiger partial charge >= 0.3 is 0 Å². The summed E-state index contributed by atoms with van der Waals surface area (Å²) >= 11 is 5.93. The Hall–Kier alpha value is -1.79. The average Bonchev–Trinajstić information content (AvgIpc) is 2.33. The summed E-state index contributed by atoms with van der Waals surface area (Å²) < 4.78 is 39.7. The van der Waals surface area contributed by atoms with Crippen LogP contribution in [0.4, 0.5) is 15.8 Å². The normalized spacial score (nSPS) is 11.3. The van der Waals surface area contributed by atoms with Gasteiger partial charge in [-0.1, -0.05) is 17.7 Å². The first-order valence-electron chi connectivity index (χ1n) is 5.63. The van der Waals surface area contributed by atoms with E-state index in [1.165, 1.54) is 18.2 Å². The van der Waals surface area contributed by atoms with Gasteiger partial charge in [0.1, 0.15) is 10.7 Å². The smallest absolute Gasteiger partial charge is 0.263 e. The third kappa shape index (κ3) is 3.02. The lowest BCUT2D eigenvalue weighted by Gasteiger charge is -2.10. The fraction of sp³-hybridized carbons (Fsp3) is 0.0769. The molecule has 0 radical (unpaired) electrons. The minimum absolute atomic E-state index is 0.0485. The van der Waals surface area contributed by atoms with Crippen LogP contribution in [0.5, 0.6) is 0 Å². The van der Waals surface area contributed by atoms with E-state index >= 15 is 0 Å².